The smallest absolute Gasteiger partial charge is 0.354 e. The van der Waals surface area contributed by atoms with Crippen molar-refractivity contribution in [3.8, 4) is 11.6 Å². The van der Waals surface area contributed by atoms with E-state index in [4.69, 9.17) is 14.6 Å². The van der Waals surface area contributed by atoms with Crippen molar-refractivity contribution in [3.05, 3.63) is 46.9 Å². The monoisotopic (exact) mass is 286 g/mol. The van der Waals surface area contributed by atoms with Crippen LogP contribution in [0.25, 0.3) is 0 Å². The van der Waals surface area contributed by atoms with Gasteiger partial charge in [0, 0.05) is 30.7 Å². The minimum atomic E-state index is -1.03. The van der Waals surface area contributed by atoms with Gasteiger partial charge >= 0.3 is 5.97 Å². The Morgan fingerprint density at radius 1 is 1.48 bits per heavy atom. The van der Waals surface area contributed by atoms with E-state index in [2.05, 4.69) is 9.97 Å². The number of carboxylic acids is 1. The summed E-state index contributed by atoms with van der Waals surface area (Å²) in [5, 5.41) is 9.14. The van der Waals surface area contributed by atoms with Crippen LogP contribution in [0.3, 0.4) is 0 Å². The number of hydrogen-bond donors (Lipinski definition) is 1. The molecule has 2 aromatic rings. The second-order valence-corrected chi connectivity index (χ2v) is 4.73. The van der Waals surface area contributed by atoms with E-state index < -0.39 is 5.97 Å². The SMILES string of the molecule is COc1ccc(Cc2cc(C(=O)O)nc3c2OCC3)cn1. The van der Waals surface area contributed by atoms with Crippen LogP contribution >= 0.6 is 0 Å². The number of pyridine rings is 2. The fourth-order valence-electron chi connectivity index (χ4n) is 2.34. The number of aromatic nitrogens is 2. The predicted octanol–water partition coefficient (Wildman–Crippen LogP) is 1.71. The number of ether oxygens (including phenoxy) is 2. The molecule has 0 amide bonds. The van der Waals surface area contributed by atoms with E-state index in [-0.39, 0.29) is 5.69 Å². The van der Waals surface area contributed by atoms with E-state index in [1.54, 1.807) is 25.4 Å². The van der Waals surface area contributed by atoms with Crippen molar-refractivity contribution in [2.45, 2.75) is 12.8 Å². The van der Waals surface area contributed by atoms with Gasteiger partial charge in [0.15, 0.2) is 0 Å². The van der Waals surface area contributed by atoms with Gasteiger partial charge in [-0.05, 0) is 11.6 Å². The van der Waals surface area contributed by atoms with Crippen LogP contribution < -0.4 is 9.47 Å². The molecule has 108 valence electrons. The molecule has 1 aliphatic rings. The molecule has 0 saturated carbocycles. The molecule has 0 radical (unpaired) electrons. The molecule has 21 heavy (non-hydrogen) atoms. The zero-order valence-electron chi connectivity index (χ0n) is 11.5. The molecule has 6 nitrogen and oxygen atoms in total. The summed E-state index contributed by atoms with van der Waals surface area (Å²) in [6.07, 6.45) is 2.90. The number of fused-ring (bicyclic) bond motifs is 1. The van der Waals surface area contributed by atoms with Crippen molar-refractivity contribution in [2.24, 2.45) is 0 Å². The van der Waals surface area contributed by atoms with Crippen molar-refractivity contribution >= 4 is 5.97 Å². The van der Waals surface area contributed by atoms with Crippen LogP contribution in [0.2, 0.25) is 0 Å². The molecule has 6 heteroatoms. The summed E-state index contributed by atoms with van der Waals surface area (Å²) in [5.41, 5.74) is 2.54. The zero-order valence-corrected chi connectivity index (χ0v) is 11.5. The number of hydrogen-bond acceptors (Lipinski definition) is 5. The third-order valence-electron chi connectivity index (χ3n) is 3.33. The summed E-state index contributed by atoms with van der Waals surface area (Å²) in [6.45, 7) is 0.541. The van der Waals surface area contributed by atoms with Gasteiger partial charge in [-0.3, -0.25) is 0 Å². The molecule has 0 fully saturated rings. The van der Waals surface area contributed by atoms with Gasteiger partial charge in [0.05, 0.1) is 19.4 Å². The summed E-state index contributed by atoms with van der Waals surface area (Å²) in [7, 11) is 1.56. The normalized spacial score (nSPS) is 12.6. The van der Waals surface area contributed by atoms with Gasteiger partial charge in [0.25, 0.3) is 0 Å². The van der Waals surface area contributed by atoms with Crippen LogP contribution in [0.1, 0.15) is 27.3 Å². The van der Waals surface area contributed by atoms with Gasteiger partial charge < -0.3 is 14.6 Å². The van der Waals surface area contributed by atoms with Crippen LogP contribution in [0.4, 0.5) is 0 Å². The largest absolute Gasteiger partial charge is 0.491 e. The number of methoxy groups -OCH3 is 1. The summed E-state index contributed by atoms with van der Waals surface area (Å²) >= 11 is 0. The summed E-state index contributed by atoms with van der Waals surface area (Å²) in [4.78, 5) is 19.4. The molecule has 0 atom stereocenters. The van der Waals surface area contributed by atoms with Gasteiger partial charge in [-0.25, -0.2) is 14.8 Å². The first kappa shape index (κ1) is 13.4. The number of aromatic carboxylic acids is 1. The Morgan fingerprint density at radius 2 is 2.33 bits per heavy atom. The molecule has 3 rings (SSSR count). The van der Waals surface area contributed by atoms with Crippen molar-refractivity contribution < 1.29 is 19.4 Å². The molecule has 1 aliphatic heterocycles. The van der Waals surface area contributed by atoms with E-state index in [0.29, 0.717) is 36.8 Å². The highest BCUT2D eigenvalue weighted by Crippen LogP contribution is 2.30. The first-order valence-electron chi connectivity index (χ1n) is 6.55. The van der Waals surface area contributed by atoms with Crippen LogP contribution in [-0.2, 0) is 12.8 Å². The lowest BCUT2D eigenvalue weighted by Gasteiger charge is -2.09. The van der Waals surface area contributed by atoms with Crippen molar-refractivity contribution in [1.82, 2.24) is 9.97 Å². The Hall–Kier alpha value is -2.63. The molecule has 0 saturated heterocycles. The number of carbonyl (C=O) groups is 1. The van der Waals surface area contributed by atoms with Crippen molar-refractivity contribution in [1.29, 1.82) is 0 Å². The van der Waals surface area contributed by atoms with Crippen LogP contribution in [-0.4, -0.2) is 34.8 Å². The Kier molecular flexibility index (Phi) is 3.43. The first-order chi connectivity index (χ1) is 10.2. The van der Waals surface area contributed by atoms with Gasteiger partial charge in [-0.1, -0.05) is 6.07 Å². The van der Waals surface area contributed by atoms with E-state index in [0.717, 1.165) is 11.1 Å². The quantitative estimate of drug-likeness (QED) is 0.921. The van der Waals surface area contributed by atoms with Gasteiger partial charge in [-0.2, -0.15) is 0 Å². The van der Waals surface area contributed by atoms with Gasteiger partial charge in [0.2, 0.25) is 5.88 Å². The Labute approximate surface area is 121 Å². The fourth-order valence-corrected chi connectivity index (χ4v) is 2.34. The van der Waals surface area contributed by atoms with E-state index >= 15 is 0 Å². The van der Waals surface area contributed by atoms with Crippen molar-refractivity contribution in [3.63, 3.8) is 0 Å². The maximum atomic E-state index is 11.2. The lowest BCUT2D eigenvalue weighted by molar-refractivity contribution is 0.0690. The third-order valence-corrected chi connectivity index (χ3v) is 3.33. The highest BCUT2D eigenvalue weighted by atomic mass is 16.5. The minimum absolute atomic E-state index is 0.0516. The zero-order chi connectivity index (χ0) is 14.8. The second-order valence-electron chi connectivity index (χ2n) is 4.73. The van der Waals surface area contributed by atoms with Crippen LogP contribution in [0.5, 0.6) is 11.6 Å². The maximum Gasteiger partial charge on any atom is 0.354 e. The average molecular weight is 286 g/mol. The molecule has 2 aromatic heterocycles. The van der Waals surface area contributed by atoms with Gasteiger partial charge in [-0.15, -0.1) is 0 Å². The predicted molar refractivity (Wildman–Crippen MR) is 74.0 cm³/mol. The molecular formula is C15H14N2O4. The lowest BCUT2D eigenvalue weighted by Crippen LogP contribution is -2.05. The molecule has 0 bridgehead atoms. The Morgan fingerprint density at radius 3 is 3.00 bits per heavy atom. The molecule has 0 spiro atoms. The highest BCUT2D eigenvalue weighted by molar-refractivity contribution is 5.86. The summed E-state index contributed by atoms with van der Waals surface area (Å²) in [6, 6.07) is 5.24. The Balaban J connectivity index is 1.95. The third kappa shape index (κ3) is 2.65. The summed E-state index contributed by atoms with van der Waals surface area (Å²) in [5.74, 6) is 0.218. The molecular weight excluding hydrogens is 272 g/mol. The topological polar surface area (TPSA) is 81.5 Å². The number of carboxylic acid groups (broad SMARTS) is 1. The first-order valence-corrected chi connectivity index (χ1v) is 6.55. The minimum Gasteiger partial charge on any atom is -0.491 e. The lowest BCUT2D eigenvalue weighted by atomic mass is 10.0. The second kappa shape index (κ2) is 5.40. The number of nitrogens with zero attached hydrogens (tertiary/aromatic N) is 2. The van der Waals surface area contributed by atoms with Crippen LogP contribution in [0, 0.1) is 0 Å². The fraction of sp³-hybridized carbons (Fsp3) is 0.267. The van der Waals surface area contributed by atoms with Gasteiger partial charge in [0.1, 0.15) is 11.4 Å². The maximum absolute atomic E-state index is 11.2. The Bertz CT molecular complexity index is 683. The summed E-state index contributed by atoms with van der Waals surface area (Å²) < 4.78 is 10.6. The number of rotatable bonds is 4. The molecule has 0 aromatic carbocycles. The standard InChI is InChI=1S/C15H14N2O4/c1-20-13-3-2-9(8-16-13)6-10-7-12(15(18)19)17-11-4-5-21-14(10)11/h2-3,7-8H,4-6H2,1H3,(H,18,19). The highest BCUT2D eigenvalue weighted by Gasteiger charge is 2.21. The average Bonchev–Trinajstić information content (AvgIpc) is 2.96. The van der Waals surface area contributed by atoms with E-state index in [1.807, 2.05) is 6.07 Å². The van der Waals surface area contributed by atoms with E-state index in [1.165, 1.54) is 0 Å². The van der Waals surface area contributed by atoms with Crippen LogP contribution in [0.15, 0.2) is 24.4 Å². The molecule has 3 heterocycles. The molecule has 1 N–H and O–H groups in total. The van der Waals surface area contributed by atoms with E-state index in [9.17, 15) is 4.79 Å². The van der Waals surface area contributed by atoms with Crippen molar-refractivity contribution in [2.75, 3.05) is 13.7 Å². The molecule has 0 unspecified atom stereocenters. The molecule has 0 aliphatic carbocycles.